The Kier molecular flexibility index (Phi) is 3.68. The van der Waals surface area contributed by atoms with E-state index in [4.69, 9.17) is 4.74 Å². The lowest BCUT2D eigenvalue weighted by molar-refractivity contribution is -0.311. The van der Waals surface area contributed by atoms with Gasteiger partial charge in [-0.15, -0.1) is 0 Å². The van der Waals surface area contributed by atoms with Gasteiger partial charge in [0.25, 0.3) is 0 Å². The molecule has 0 saturated heterocycles. The maximum atomic E-state index is 12.2. The van der Waals surface area contributed by atoms with E-state index < -0.39 is 22.7 Å². The largest absolute Gasteiger partial charge is 0.463 e. The van der Waals surface area contributed by atoms with Gasteiger partial charge < -0.3 is 20.1 Å². The minimum Gasteiger partial charge on any atom is -0.463 e. The normalized spacial score (nSPS) is 60.2. The van der Waals surface area contributed by atoms with Crippen molar-refractivity contribution in [2.24, 2.45) is 34.0 Å². The minimum absolute atomic E-state index is 0.0180. The van der Waals surface area contributed by atoms with E-state index in [0.717, 1.165) is 38.5 Å². The molecular formula is C23H36O5. The van der Waals surface area contributed by atoms with Gasteiger partial charge in [0, 0.05) is 30.1 Å². The van der Waals surface area contributed by atoms with Gasteiger partial charge in [0.1, 0.15) is 6.10 Å². The molecule has 5 heteroatoms. The number of aliphatic hydroxyl groups excluding tert-OH is 1. The average Bonchev–Trinajstić information content (AvgIpc) is 3.17. The van der Waals surface area contributed by atoms with Crippen LogP contribution in [0.1, 0.15) is 79.1 Å². The van der Waals surface area contributed by atoms with E-state index in [1.807, 2.05) is 6.92 Å². The molecule has 0 bridgehead atoms. The molecule has 5 nitrogen and oxygen atoms in total. The van der Waals surface area contributed by atoms with Gasteiger partial charge in [-0.1, -0.05) is 13.8 Å². The number of ether oxygens (including phenoxy) is 1. The summed E-state index contributed by atoms with van der Waals surface area (Å²) < 4.78 is 5.51. The summed E-state index contributed by atoms with van der Waals surface area (Å²) in [5, 5.41) is 35.5. The van der Waals surface area contributed by atoms with E-state index in [2.05, 4.69) is 13.8 Å². The van der Waals surface area contributed by atoms with E-state index in [1.165, 1.54) is 6.92 Å². The summed E-state index contributed by atoms with van der Waals surface area (Å²) in [7, 11) is 0. The lowest BCUT2D eigenvalue weighted by Gasteiger charge is -2.67. The van der Waals surface area contributed by atoms with Crippen LogP contribution in [0.5, 0.6) is 0 Å². The number of carbonyl (C=O) groups is 1. The standard InChI is InChI=1S/C23H36O5/c1-13(28-14(2)24)16-6-10-23(27)19(16,3)9-7-17-20(4)8-5-15-11-21(15,20)18(25)12-22(17,23)26/h13,15-18,25-27H,5-12H2,1-4H3/t13-,15+,16+,17+,18+,19+,20+,21-,22-,23+/m0/s1. The molecule has 0 heterocycles. The lowest BCUT2D eigenvalue weighted by Crippen LogP contribution is -2.75. The first kappa shape index (κ1) is 19.3. The fraction of sp³-hybridized carbons (Fsp3) is 0.957. The first-order valence-corrected chi connectivity index (χ1v) is 11.3. The number of rotatable bonds is 2. The van der Waals surface area contributed by atoms with E-state index in [9.17, 15) is 20.1 Å². The number of hydrogen-bond acceptors (Lipinski definition) is 5. The molecule has 5 rings (SSSR count). The van der Waals surface area contributed by atoms with Gasteiger partial charge >= 0.3 is 5.97 Å². The van der Waals surface area contributed by atoms with Crippen LogP contribution in [0.3, 0.4) is 0 Å². The topological polar surface area (TPSA) is 87.0 Å². The van der Waals surface area contributed by atoms with Crippen molar-refractivity contribution in [1.29, 1.82) is 0 Å². The van der Waals surface area contributed by atoms with Gasteiger partial charge in [-0.05, 0) is 69.1 Å². The molecule has 0 aromatic heterocycles. The summed E-state index contributed by atoms with van der Waals surface area (Å²) in [6, 6.07) is 0. The third kappa shape index (κ3) is 1.84. The third-order valence-corrected chi connectivity index (χ3v) is 10.8. The average molecular weight is 393 g/mol. The Morgan fingerprint density at radius 2 is 1.71 bits per heavy atom. The number of aliphatic hydroxyl groups is 3. The Bertz CT molecular complexity index is 724. The molecule has 0 radical (unpaired) electrons. The maximum Gasteiger partial charge on any atom is 0.302 e. The number of esters is 1. The molecule has 5 aliphatic rings. The predicted octanol–water partition coefficient (Wildman–Crippen LogP) is 2.80. The van der Waals surface area contributed by atoms with Gasteiger partial charge in [0.2, 0.25) is 0 Å². The summed E-state index contributed by atoms with van der Waals surface area (Å²) in [6.45, 7) is 7.69. The second-order valence-corrected chi connectivity index (χ2v) is 11.4. The smallest absolute Gasteiger partial charge is 0.302 e. The van der Waals surface area contributed by atoms with E-state index >= 15 is 0 Å². The second-order valence-electron chi connectivity index (χ2n) is 11.4. The highest BCUT2D eigenvalue weighted by Crippen LogP contribution is 2.82. The Balaban J connectivity index is 1.54. The molecule has 0 aromatic carbocycles. The quantitative estimate of drug-likeness (QED) is 0.629. The summed E-state index contributed by atoms with van der Waals surface area (Å²) in [4.78, 5) is 11.5. The van der Waals surface area contributed by atoms with Crippen LogP contribution >= 0.6 is 0 Å². The van der Waals surface area contributed by atoms with E-state index in [-0.39, 0.29) is 41.2 Å². The van der Waals surface area contributed by atoms with E-state index in [0.29, 0.717) is 12.3 Å². The monoisotopic (exact) mass is 392 g/mol. The first-order valence-electron chi connectivity index (χ1n) is 11.3. The molecule has 5 saturated carbocycles. The summed E-state index contributed by atoms with van der Waals surface area (Å²) >= 11 is 0. The van der Waals surface area contributed by atoms with Gasteiger partial charge in [0.15, 0.2) is 0 Å². The van der Waals surface area contributed by atoms with Crippen molar-refractivity contribution in [3.05, 3.63) is 0 Å². The molecule has 158 valence electrons. The highest BCUT2D eigenvalue weighted by atomic mass is 16.5. The fourth-order valence-corrected chi connectivity index (χ4v) is 9.48. The van der Waals surface area contributed by atoms with Crippen LogP contribution in [0, 0.1) is 34.0 Å². The minimum atomic E-state index is -1.28. The molecule has 0 unspecified atom stereocenters. The molecule has 5 fully saturated rings. The number of carbonyl (C=O) groups excluding carboxylic acids is 1. The van der Waals surface area contributed by atoms with Gasteiger partial charge in [0.05, 0.1) is 17.3 Å². The molecule has 1 spiro atoms. The SMILES string of the molecule is CC(=O)O[C@@H](C)[C@H]1CC[C@@]2(O)[C@]1(C)CC[C@@H]1[C@@]3(C)CC[C@@H]4C[C@@]43[C@H](O)C[C@]12O. The van der Waals surface area contributed by atoms with Crippen molar-refractivity contribution in [2.45, 2.75) is 102 Å². The van der Waals surface area contributed by atoms with Crippen LogP contribution < -0.4 is 0 Å². The van der Waals surface area contributed by atoms with Crippen molar-refractivity contribution in [1.82, 2.24) is 0 Å². The molecule has 3 N–H and O–H groups in total. The Hall–Kier alpha value is -0.650. The molecule has 0 amide bonds. The van der Waals surface area contributed by atoms with Crippen molar-refractivity contribution >= 4 is 5.97 Å². The van der Waals surface area contributed by atoms with Crippen LogP contribution in [-0.2, 0) is 9.53 Å². The fourth-order valence-electron chi connectivity index (χ4n) is 9.48. The predicted molar refractivity (Wildman–Crippen MR) is 103 cm³/mol. The third-order valence-electron chi connectivity index (χ3n) is 10.8. The van der Waals surface area contributed by atoms with Crippen molar-refractivity contribution in [2.75, 3.05) is 0 Å². The number of fused-ring (bicyclic) bond motifs is 4. The van der Waals surface area contributed by atoms with Gasteiger partial charge in [-0.3, -0.25) is 4.79 Å². The summed E-state index contributed by atoms with van der Waals surface area (Å²) in [5.41, 5.74) is -3.17. The Morgan fingerprint density at radius 1 is 1.04 bits per heavy atom. The van der Waals surface area contributed by atoms with Gasteiger partial charge in [-0.2, -0.15) is 0 Å². The van der Waals surface area contributed by atoms with Crippen LogP contribution in [0.25, 0.3) is 0 Å². The zero-order valence-corrected chi connectivity index (χ0v) is 17.7. The molecule has 10 atom stereocenters. The molecule has 28 heavy (non-hydrogen) atoms. The van der Waals surface area contributed by atoms with Crippen molar-refractivity contribution in [3.63, 3.8) is 0 Å². The van der Waals surface area contributed by atoms with Crippen molar-refractivity contribution < 1.29 is 24.9 Å². The Labute approximate surface area is 167 Å². The van der Waals surface area contributed by atoms with Crippen LogP contribution in [-0.4, -0.2) is 44.7 Å². The zero-order valence-electron chi connectivity index (χ0n) is 17.7. The summed E-state index contributed by atoms with van der Waals surface area (Å²) in [6.07, 6.45) is 5.67. The molecule has 0 aliphatic heterocycles. The lowest BCUT2D eigenvalue weighted by atomic mass is 9.42. The Morgan fingerprint density at radius 3 is 2.36 bits per heavy atom. The van der Waals surface area contributed by atoms with Crippen LogP contribution in [0.2, 0.25) is 0 Å². The molecule has 5 aliphatic carbocycles. The first-order chi connectivity index (χ1) is 13.0. The summed E-state index contributed by atoms with van der Waals surface area (Å²) in [5.74, 6) is 0.341. The highest BCUT2D eigenvalue weighted by Gasteiger charge is 2.83. The van der Waals surface area contributed by atoms with Crippen LogP contribution in [0.4, 0.5) is 0 Å². The maximum absolute atomic E-state index is 12.2. The van der Waals surface area contributed by atoms with Crippen molar-refractivity contribution in [3.8, 4) is 0 Å². The second kappa shape index (κ2) is 5.33. The molecular weight excluding hydrogens is 356 g/mol. The number of hydrogen-bond donors (Lipinski definition) is 3. The highest BCUT2D eigenvalue weighted by molar-refractivity contribution is 5.66. The van der Waals surface area contributed by atoms with Crippen LogP contribution in [0.15, 0.2) is 0 Å². The zero-order chi connectivity index (χ0) is 20.3. The van der Waals surface area contributed by atoms with Gasteiger partial charge in [-0.25, -0.2) is 0 Å². The van der Waals surface area contributed by atoms with E-state index in [1.54, 1.807) is 0 Å². The molecule has 0 aromatic rings.